The number of aromatic nitrogens is 2. The minimum Gasteiger partial charge on any atom is -0.339 e. The van der Waals surface area contributed by atoms with Crippen molar-refractivity contribution in [1.82, 2.24) is 19.9 Å². The standard InChI is InChI=1S/C23H29FN4O3/c1-16-6-7-18(15-19(16)24)23-25-20(31-26-23)8-9-21(29)27-10-12-28(13-11-27)22(30)14-17-4-2-3-5-17/h6-7,15,17H,2-5,8-14H2,1H3. The Bertz CT molecular complexity index is 931. The molecule has 8 heteroatoms. The molecule has 1 aliphatic heterocycles. The Labute approximate surface area is 181 Å². The van der Waals surface area contributed by atoms with Crippen LogP contribution in [0.3, 0.4) is 0 Å². The third kappa shape index (κ3) is 5.29. The van der Waals surface area contributed by atoms with Gasteiger partial charge in [-0.3, -0.25) is 9.59 Å². The molecule has 2 aromatic rings. The predicted molar refractivity (Wildman–Crippen MR) is 112 cm³/mol. The molecule has 166 valence electrons. The van der Waals surface area contributed by atoms with Crippen LogP contribution in [-0.4, -0.2) is 57.9 Å². The van der Waals surface area contributed by atoms with E-state index in [9.17, 15) is 14.0 Å². The van der Waals surface area contributed by atoms with E-state index in [1.165, 1.54) is 31.7 Å². The van der Waals surface area contributed by atoms with E-state index >= 15 is 0 Å². The fraction of sp³-hybridized carbons (Fsp3) is 0.565. The van der Waals surface area contributed by atoms with Gasteiger partial charge in [0.1, 0.15) is 5.82 Å². The van der Waals surface area contributed by atoms with Gasteiger partial charge in [-0.25, -0.2) is 4.39 Å². The van der Waals surface area contributed by atoms with Crippen molar-refractivity contribution in [1.29, 1.82) is 0 Å². The number of hydrogen-bond acceptors (Lipinski definition) is 5. The highest BCUT2D eigenvalue weighted by atomic mass is 19.1. The Balaban J connectivity index is 1.23. The van der Waals surface area contributed by atoms with Crippen molar-refractivity contribution in [3.63, 3.8) is 0 Å². The highest BCUT2D eigenvalue weighted by Crippen LogP contribution is 2.28. The normalized spacial score (nSPS) is 17.4. The van der Waals surface area contributed by atoms with E-state index in [0.717, 1.165) is 0 Å². The fourth-order valence-electron chi connectivity index (χ4n) is 4.37. The van der Waals surface area contributed by atoms with Gasteiger partial charge < -0.3 is 14.3 Å². The van der Waals surface area contributed by atoms with E-state index in [4.69, 9.17) is 4.52 Å². The molecule has 0 radical (unpaired) electrons. The second-order valence-corrected chi connectivity index (χ2v) is 8.59. The number of carbonyl (C=O) groups excluding carboxylic acids is 2. The Kier molecular flexibility index (Phi) is 6.63. The van der Waals surface area contributed by atoms with E-state index in [-0.39, 0.29) is 24.1 Å². The van der Waals surface area contributed by atoms with E-state index in [1.807, 2.05) is 4.90 Å². The van der Waals surface area contributed by atoms with E-state index in [2.05, 4.69) is 10.1 Å². The first-order valence-electron chi connectivity index (χ1n) is 11.1. The molecule has 0 unspecified atom stereocenters. The van der Waals surface area contributed by atoms with Crippen molar-refractivity contribution in [2.24, 2.45) is 5.92 Å². The number of benzene rings is 1. The summed E-state index contributed by atoms with van der Waals surface area (Å²) in [6.07, 6.45) is 6.06. The first-order valence-corrected chi connectivity index (χ1v) is 11.1. The molecule has 0 spiro atoms. The van der Waals surface area contributed by atoms with Crippen LogP contribution in [0.5, 0.6) is 0 Å². The van der Waals surface area contributed by atoms with Gasteiger partial charge in [0.25, 0.3) is 0 Å². The van der Waals surface area contributed by atoms with Crippen molar-refractivity contribution in [2.45, 2.75) is 51.9 Å². The van der Waals surface area contributed by atoms with Crippen molar-refractivity contribution < 1.29 is 18.5 Å². The topological polar surface area (TPSA) is 79.5 Å². The summed E-state index contributed by atoms with van der Waals surface area (Å²) in [5.41, 5.74) is 1.10. The number of hydrogen-bond donors (Lipinski definition) is 0. The van der Waals surface area contributed by atoms with Gasteiger partial charge in [0.05, 0.1) is 0 Å². The fourth-order valence-corrected chi connectivity index (χ4v) is 4.37. The van der Waals surface area contributed by atoms with Crippen LogP contribution in [-0.2, 0) is 16.0 Å². The predicted octanol–water partition coefficient (Wildman–Crippen LogP) is 3.37. The number of aryl methyl sites for hydroxylation is 2. The Morgan fingerprint density at radius 1 is 1.10 bits per heavy atom. The molecule has 1 aliphatic carbocycles. The highest BCUT2D eigenvalue weighted by Gasteiger charge is 2.27. The van der Waals surface area contributed by atoms with Gasteiger partial charge in [-0.05, 0) is 37.3 Å². The van der Waals surface area contributed by atoms with Crippen LogP contribution in [0.1, 0.15) is 50.0 Å². The smallest absolute Gasteiger partial charge is 0.227 e. The maximum atomic E-state index is 13.7. The van der Waals surface area contributed by atoms with Crippen LogP contribution >= 0.6 is 0 Å². The molecule has 0 N–H and O–H groups in total. The summed E-state index contributed by atoms with van der Waals surface area (Å²) in [7, 11) is 0. The van der Waals surface area contributed by atoms with Gasteiger partial charge in [0, 0.05) is 51.0 Å². The molecule has 2 amide bonds. The van der Waals surface area contributed by atoms with Gasteiger partial charge in [0.2, 0.25) is 23.5 Å². The molecule has 0 atom stereocenters. The molecular formula is C23H29FN4O3. The minimum atomic E-state index is -0.320. The van der Waals surface area contributed by atoms with Crippen LogP contribution in [0.2, 0.25) is 0 Å². The van der Waals surface area contributed by atoms with Gasteiger partial charge in [0.15, 0.2) is 0 Å². The summed E-state index contributed by atoms with van der Waals surface area (Å²) < 4.78 is 19.0. The third-order valence-electron chi connectivity index (χ3n) is 6.37. The van der Waals surface area contributed by atoms with Crippen molar-refractivity contribution in [3.8, 4) is 11.4 Å². The van der Waals surface area contributed by atoms with Gasteiger partial charge in [-0.15, -0.1) is 0 Å². The molecule has 1 aromatic carbocycles. The minimum absolute atomic E-state index is 0.0176. The highest BCUT2D eigenvalue weighted by molar-refractivity contribution is 5.78. The van der Waals surface area contributed by atoms with Crippen molar-refractivity contribution in [3.05, 3.63) is 35.5 Å². The molecule has 4 rings (SSSR count). The number of nitrogens with zero attached hydrogens (tertiary/aromatic N) is 4. The maximum Gasteiger partial charge on any atom is 0.227 e. The van der Waals surface area contributed by atoms with Gasteiger partial charge in [-0.1, -0.05) is 30.1 Å². The van der Waals surface area contributed by atoms with E-state index in [1.54, 1.807) is 24.0 Å². The quantitative estimate of drug-likeness (QED) is 0.705. The van der Waals surface area contributed by atoms with E-state index in [0.29, 0.717) is 67.8 Å². The first-order chi connectivity index (χ1) is 15.0. The molecule has 7 nitrogen and oxygen atoms in total. The van der Waals surface area contributed by atoms with Crippen molar-refractivity contribution >= 4 is 11.8 Å². The zero-order valence-electron chi connectivity index (χ0n) is 18.0. The monoisotopic (exact) mass is 428 g/mol. The molecule has 0 bridgehead atoms. The average Bonchev–Trinajstić information content (AvgIpc) is 3.46. The molecule has 2 aliphatic rings. The summed E-state index contributed by atoms with van der Waals surface area (Å²) in [4.78, 5) is 33.0. The van der Waals surface area contributed by atoms with Crippen LogP contribution < -0.4 is 0 Å². The molecule has 1 saturated carbocycles. The number of rotatable bonds is 6. The second-order valence-electron chi connectivity index (χ2n) is 8.59. The average molecular weight is 429 g/mol. The molecule has 31 heavy (non-hydrogen) atoms. The molecule has 2 heterocycles. The largest absolute Gasteiger partial charge is 0.339 e. The molecule has 1 aromatic heterocycles. The third-order valence-corrected chi connectivity index (χ3v) is 6.37. The maximum absolute atomic E-state index is 13.7. The summed E-state index contributed by atoms with van der Waals surface area (Å²) in [5.74, 6) is 1.14. The van der Waals surface area contributed by atoms with E-state index < -0.39 is 0 Å². The van der Waals surface area contributed by atoms with Gasteiger partial charge >= 0.3 is 0 Å². The van der Waals surface area contributed by atoms with Crippen LogP contribution in [0.4, 0.5) is 4.39 Å². The number of piperazine rings is 1. The Morgan fingerprint density at radius 3 is 2.45 bits per heavy atom. The summed E-state index contributed by atoms with van der Waals surface area (Å²) in [6, 6.07) is 4.79. The molecule has 1 saturated heterocycles. The van der Waals surface area contributed by atoms with Crippen LogP contribution in [0.15, 0.2) is 22.7 Å². The number of amides is 2. The number of carbonyl (C=O) groups is 2. The zero-order chi connectivity index (χ0) is 21.8. The molecular weight excluding hydrogens is 399 g/mol. The lowest BCUT2D eigenvalue weighted by molar-refractivity contribution is -0.140. The summed E-state index contributed by atoms with van der Waals surface area (Å²) in [5, 5.41) is 3.90. The molecule has 2 fully saturated rings. The van der Waals surface area contributed by atoms with Gasteiger partial charge in [-0.2, -0.15) is 4.98 Å². The lowest BCUT2D eigenvalue weighted by atomic mass is 10.0. The SMILES string of the molecule is Cc1ccc(-c2noc(CCC(=O)N3CCN(C(=O)CC4CCCC4)CC3)n2)cc1F. The second kappa shape index (κ2) is 9.58. The zero-order valence-corrected chi connectivity index (χ0v) is 18.0. The Morgan fingerprint density at radius 2 is 1.77 bits per heavy atom. The van der Waals surface area contributed by atoms with Crippen LogP contribution in [0.25, 0.3) is 11.4 Å². The van der Waals surface area contributed by atoms with Crippen LogP contribution in [0, 0.1) is 18.7 Å². The lowest BCUT2D eigenvalue weighted by Gasteiger charge is -2.35. The Hall–Kier alpha value is -2.77. The van der Waals surface area contributed by atoms with Crippen molar-refractivity contribution in [2.75, 3.05) is 26.2 Å². The summed E-state index contributed by atoms with van der Waals surface area (Å²) >= 11 is 0. The first kappa shape index (κ1) is 21.5. The lowest BCUT2D eigenvalue weighted by Crippen LogP contribution is -2.50. The number of halogens is 1. The summed E-state index contributed by atoms with van der Waals surface area (Å²) in [6.45, 7) is 4.01.